The molecule has 2 nitrogen and oxygen atoms in total. The standard InChI is InChI=1S/C7H9IO2/c1-3-7(2)6(9)5(8)4-10-7/h4H,3H2,1-2H3. The highest BCUT2D eigenvalue weighted by atomic mass is 127. The van der Waals surface area contributed by atoms with Crippen LogP contribution in [0.2, 0.25) is 0 Å². The average Bonchev–Trinajstić information content (AvgIpc) is 2.19. The molecule has 56 valence electrons. The van der Waals surface area contributed by atoms with E-state index < -0.39 is 5.60 Å². The Labute approximate surface area is 73.8 Å². The zero-order valence-corrected chi connectivity index (χ0v) is 8.14. The van der Waals surface area contributed by atoms with Gasteiger partial charge in [-0.25, -0.2) is 0 Å². The Balaban J connectivity index is 2.82. The molecule has 1 aliphatic heterocycles. The van der Waals surface area contributed by atoms with Gasteiger partial charge >= 0.3 is 0 Å². The summed E-state index contributed by atoms with van der Waals surface area (Å²) >= 11 is 1.99. The maximum Gasteiger partial charge on any atom is 0.215 e. The normalized spacial score (nSPS) is 31.9. The molecule has 0 spiro atoms. The first-order valence-corrected chi connectivity index (χ1v) is 4.26. The lowest BCUT2D eigenvalue weighted by molar-refractivity contribution is -0.128. The minimum Gasteiger partial charge on any atom is -0.486 e. The van der Waals surface area contributed by atoms with E-state index >= 15 is 0 Å². The quantitative estimate of drug-likeness (QED) is 0.667. The average molecular weight is 252 g/mol. The fraction of sp³-hybridized carbons (Fsp3) is 0.571. The summed E-state index contributed by atoms with van der Waals surface area (Å²) < 4.78 is 5.89. The second-order valence-corrected chi connectivity index (χ2v) is 3.66. The summed E-state index contributed by atoms with van der Waals surface area (Å²) in [5, 5.41) is 0. The van der Waals surface area contributed by atoms with Crippen LogP contribution < -0.4 is 0 Å². The van der Waals surface area contributed by atoms with Crippen molar-refractivity contribution in [1.29, 1.82) is 0 Å². The van der Waals surface area contributed by atoms with E-state index in [0.717, 1.165) is 6.42 Å². The molecule has 1 unspecified atom stereocenters. The zero-order chi connectivity index (χ0) is 7.78. The summed E-state index contributed by atoms with van der Waals surface area (Å²) in [6.45, 7) is 3.76. The van der Waals surface area contributed by atoms with Crippen molar-refractivity contribution in [1.82, 2.24) is 0 Å². The van der Waals surface area contributed by atoms with Crippen molar-refractivity contribution in [3.8, 4) is 0 Å². The Kier molecular flexibility index (Phi) is 2.03. The van der Waals surface area contributed by atoms with Crippen LogP contribution in [0.25, 0.3) is 0 Å². The molecule has 0 saturated carbocycles. The molecular formula is C7H9IO2. The van der Waals surface area contributed by atoms with E-state index in [0.29, 0.717) is 3.58 Å². The highest BCUT2D eigenvalue weighted by Gasteiger charge is 2.38. The monoisotopic (exact) mass is 252 g/mol. The predicted molar refractivity (Wildman–Crippen MR) is 46.9 cm³/mol. The molecule has 1 aliphatic rings. The third kappa shape index (κ3) is 1.07. The molecular weight excluding hydrogens is 243 g/mol. The van der Waals surface area contributed by atoms with Gasteiger partial charge in [0.25, 0.3) is 0 Å². The maximum absolute atomic E-state index is 11.3. The van der Waals surface area contributed by atoms with E-state index in [1.165, 1.54) is 6.26 Å². The highest BCUT2D eigenvalue weighted by Crippen LogP contribution is 2.30. The van der Waals surface area contributed by atoms with Gasteiger partial charge in [0, 0.05) is 0 Å². The van der Waals surface area contributed by atoms with Crippen LogP contribution >= 0.6 is 22.6 Å². The first-order valence-electron chi connectivity index (χ1n) is 3.18. The van der Waals surface area contributed by atoms with Crippen molar-refractivity contribution < 1.29 is 9.53 Å². The van der Waals surface area contributed by atoms with Crippen LogP contribution in [0, 0.1) is 0 Å². The van der Waals surface area contributed by atoms with Gasteiger partial charge in [0.2, 0.25) is 5.78 Å². The van der Waals surface area contributed by atoms with Gasteiger partial charge in [-0.2, -0.15) is 0 Å². The molecule has 0 aromatic rings. The first kappa shape index (κ1) is 8.04. The van der Waals surface area contributed by atoms with Gasteiger partial charge in [0.05, 0.1) is 3.58 Å². The summed E-state index contributed by atoms with van der Waals surface area (Å²) in [5.74, 6) is 0.107. The number of halogens is 1. The molecule has 3 heteroatoms. The Bertz CT molecular complexity index is 198. The van der Waals surface area contributed by atoms with Crippen LogP contribution in [0.15, 0.2) is 9.84 Å². The molecule has 0 N–H and O–H groups in total. The number of carbonyl (C=O) groups excluding carboxylic acids is 1. The second kappa shape index (κ2) is 2.53. The van der Waals surface area contributed by atoms with Gasteiger partial charge in [0.1, 0.15) is 6.26 Å². The molecule has 0 aromatic heterocycles. The van der Waals surface area contributed by atoms with Crippen LogP contribution in [0.5, 0.6) is 0 Å². The van der Waals surface area contributed by atoms with Gasteiger partial charge < -0.3 is 4.74 Å². The number of hydrogen-bond acceptors (Lipinski definition) is 2. The van der Waals surface area contributed by atoms with Gasteiger partial charge in [0.15, 0.2) is 5.60 Å². The molecule has 1 rings (SSSR count). The third-order valence-corrected chi connectivity index (χ3v) is 2.54. The summed E-state index contributed by atoms with van der Waals surface area (Å²) in [5.41, 5.74) is -0.573. The van der Waals surface area contributed by atoms with Crippen LogP contribution in [-0.2, 0) is 9.53 Å². The van der Waals surface area contributed by atoms with E-state index in [1.807, 2.05) is 36.4 Å². The molecule has 0 radical (unpaired) electrons. The number of hydrogen-bond donors (Lipinski definition) is 0. The van der Waals surface area contributed by atoms with Crippen LogP contribution in [0.3, 0.4) is 0 Å². The van der Waals surface area contributed by atoms with E-state index in [1.54, 1.807) is 0 Å². The van der Waals surface area contributed by atoms with Crippen molar-refractivity contribution >= 4 is 28.4 Å². The number of rotatable bonds is 1. The van der Waals surface area contributed by atoms with Crippen molar-refractivity contribution in [2.45, 2.75) is 25.9 Å². The largest absolute Gasteiger partial charge is 0.486 e. The van der Waals surface area contributed by atoms with Crippen LogP contribution in [0.1, 0.15) is 20.3 Å². The molecule has 1 atom stereocenters. The minimum absolute atomic E-state index is 0.107. The molecule has 0 aliphatic carbocycles. The second-order valence-electron chi connectivity index (χ2n) is 2.50. The number of carbonyl (C=O) groups is 1. The Morgan fingerprint density at radius 3 is 2.60 bits per heavy atom. The lowest BCUT2D eigenvalue weighted by Gasteiger charge is -2.18. The summed E-state index contributed by atoms with van der Waals surface area (Å²) in [6.07, 6.45) is 2.27. The first-order chi connectivity index (χ1) is 4.60. The smallest absolute Gasteiger partial charge is 0.215 e. The topological polar surface area (TPSA) is 26.3 Å². The fourth-order valence-corrected chi connectivity index (χ4v) is 1.48. The molecule has 0 saturated heterocycles. The molecule has 0 aromatic carbocycles. The number of Topliss-reactive ketones (excluding diaryl/α,β-unsaturated/α-hetero) is 1. The SMILES string of the molecule is CCC1(C)OC=C(I)C1=O. The van der Waals surface area contributed by atoms with Gasteiger partial charge in [-0.3, -0.25) is 4.79 Å². The Morgan fingerprint density at radius 1 is 1.80 bits per heavy atom. The summed E-state index contributed by atoms with van der Waals surface area (Å²) in [7, 11) is 0. The molecule has 0 bridgehead atoms. The van der Waals surface area contributed by atoms with Crippen molar-refractivity contribution in [2.24, 2.45) is 0 Å². The molecule has 0 fully saturated rings. The molecule has 1 heterocycles. The van der Waals surface area contributed by atoms with Gasteiger partial charge in [-0.05, 0) is 35.9 Å². The molecule has 10 heavy (non-hydrogen) atoms. The highest BCUT2D eigenvalue weighted by molar-refractivity contribution is 14.1. The number of ketones is 1. The molecule has 0 amide bonds. The fourth-order valence-electron chi connectivity index (χ4n) is 0.785. The summed E-state index contributed by atoms with van der Waals surface area (Å²) in [4.78, 5) is 11.3. The predicted octanol–water partition coefficient (Wildman–Crippen LogP) is 2.03. The van der Waals surface area contributed by atoms with Crippen molar-refractivity contribution in [3.05, 3.63) is 9.84 Å². The van der Waals surface area contributed by atoms with Crippen LogP contribution in [-0.4, -0.2) is 11.4 Å². The van der Waals surface area contributed by atoms with E-state index in [2.05, 4.69) is 0 Å². The van der Waals surface area contributed by atoms with E-state index in [9.17, 15) is 4.79 Å². The zero-order valence-electron chi connectivity index (χ0n) is 5.98. The third-order valence-electron chi connectivity index (χ3n) is 1.79. The van der Waals surface area contributed by atoms with E-state index in [-0.39, 0.29) is 5.78 Å². The number of ether oxygens (including phenoxy) is 1. The lowest BCUT2D eigenvalue weighted by Crippen LogP contribution is -2.31. The Hall–Kier alpha value is -0.0600. The van der Waals surface area contributed by atoms with Crippen LogP contribution in [0.4, 0.5) is 0 Å². The van der Waals surface area contributed by atoms with Gasteiger partial charge in [-0.1, -0.05) is 6.92 Å². The van der Waals surface area contributed by atoms with Crippen molar-refractivity contribution in [2.75, 3.05) is 0 Å². The van der Waals surface area contributed by atoms with Gasteiger partial charge in [-0.15, -0.1) is 0 Å². The maximum atomic E-state index is 11.3. The lowest BCUT2D eigenvalue weighted by atomic mass is 9.99. The Morgan fingerprint density at radius 2 is 2.40 bits per heavy atom. The summed E-state index contributed by atoms with van der Waals surface area (Å²) in [6, 6.07) is 0. The van der Waals surface area contributed by atoms with Crippen molar-refractivity contribution in [3.63, 3.8) is 0 Å². The minimum atomic E-state index is -0.573. The van der Waals surface area contributed by atoms with E-state index in [4.69, 9.17) is 4.74 Å².